The van der Waals surface area contributed by atoms with Gasteiger partial charge in [0.2, 0.25) is 0 Å². The van der Waals surface area contributed by atoms with Crippen molar-refractivity contribution < 1.29 is 37.4 Å². The highest BCUT2D eigenvalue weighted by Gasteiger charge is 2.43. The van der Waals surface area contributed by atoms with Crippen LogP contribution in [0.2, 0.25) is 0 Å². The number of ether oxygens (including phenoxy) is 1. The molecule has 1 aliphatic heterocycles. The number of carboxylic acid groups (broad SMARTS) is 1. The molecule has 1 aromatic rings. The van der Waals surface area contributed by atoms with E-state index in [9.17, 15) is 27.6 Å². The van der Waals surface area contributed by atoms with E-state index in [4.69, 9.17) is 5.11 Å². The van der Waals surface area contributed by atoms with Crippen LogP contribution in [0.15, 0.2) is 0 Å². The molecule has 1 fully saturated rings. The summed E-state index contributed by atoms with van der Waals surface area (Å²) < 4.78 is 45.1. The Hall–Kier alpha value is -2.59. The summed E-state index contributed by atoms with van der Waals surface area (Å²) in [5.74, 6) is -2.06. The zero-order valence-electron chi connectivity index (χ0n) is 13.5. The summed E-state index contributed by atoms with van der Waals surface area (Å²) in [5, 5.41) is 12.4. The van der Waals surface area contributed by atoms with Crippen molar-refractivity contribution in [3.63, 3.8) is 0 Å². The number of hydrogen-bond donors (Lipinski definition) is 1. The number of esters is 1. The molecule has 2 rings (SSSR count). The minimum absolute atomic E-state index is 0.0806. The zero-order valence-corrected chi connectivity index (χ0v) is 13.5. The Morgan fingerprint density at radius 3 is 2.20 bits per heavy atom. The van der Waals surface area contributed by atoms with Crippen LogP contribution in [0.1, 0.15) is 52.3 Å². The Morgan fingerprint density at radius 2 is 1.80 bits per heavy atom. The van der Waals surface area contributed by atoms with Crippen LogP contribution in [0.4, 0.5) is 18.0 Å². The highest BCUT2D eigenvalue weighted by atomic mass is 19.4. The second-order valence-electron chi connectivity index (χ2n) is 5.56. The van der Waals surface area contributed by atoms with E-state index < -0.39 is 47.0 Å². The van der Waals surface area contributed by atoms with Gasteiger partial charge in [0.05, 0.1) is 18.7 Å². The normalized spacial score (nSPS) is 16.0. The van der Waals surface area contributed by atoms with Crippen molar-refractivity contribution in [3.05, 3.63) is 17.0 Å². The largest absolute Gasteiger partial charge is 0.465 e. The molecule has 25 heavy (non-hydrogen) atoms. The molecular weight excluding hydrogens is 347 g/mol. The van der Waals surface area contributed by atoms with Crippen LogP contribution in [0, 0.1) is 0 Å². The first-order valence-corrected chi connectivity index (χ1v) is 7.34. The van der Waals surface area contributed by atoms with Crippen LogP contribution in [0.5, 0.6) is 0 Å². The third-order valence-electron chi connectivity index (χ3n) is 3.99. The molecular formula is C14H16F3N3O5. The number of alkyl halides is 3. The summed E-state index contributed by atoms with van der Waals surface area (Å²) in [6.45, 7) is 1.07. The Labute approximate surface area is 140 Å². The van der Waals surface area contributed by atoms with Crippen molar-refractivity contribution in [1.82, 2.24) is 14.7 Å². The van der Waals surface area contributed by atoms with Crippen LogP contribution in [-0.2, 0) is 10.9 Å². The van der Waals surface area contributed by atoms with E-state index in [0.717, 1.165) is 23.6 Å². The summed E-state index contributed by atoms with van der Waals surface area (Å²) in [7, 11) is 0.990. The van der Waals surface area contributed by atoms with Crippen molar-refractivity contribution in [2.24, 2.45) is 0 Å². The van der Waals surface area contributed by atoms with Crippen LogP contribution in [0.3, 0.4) is 0 Å². The third kappa shape index (κ3) is 3.59. The van der Waals surface area contributed by atoms with E-state index in [1.165, 1.54) is 0 Å². The number of halogens is 3. The van der Waals surface area contributed by atoms with Gasteiger partial charge in [0.15, 0.2) is 17.2 Å². The molecule has 0 atom stereocenters. The highest BCUT2D eigenvalue weighted by Crippen LogP contribution is 2.35. The molecule has 0 bridgehead atoms. The number of carbonyl (C=O) groups excluding carboxylic acids is 2. The number of hydrogen-bond acceptors (Lipinski definition) is 5. The molecule has 0 spiro atoms. The maximum Gasteiger partial charge on any atom is 0.435 e. The standard InChI is InChI=1S/C14H16F3N3O5/c1-7(21)9-10(12(22)25-2)20(18-11(9)14(15,16)17)8-3-5-19(6-4-8)13(23)24/h8H,3-6H2,1-2H3,(H,23,24). The number of piperidine rings is 1. The van der Waals surface area contributed by atoms with E-state index >= 15 is 0 Å². The molecule has 0 aromatic carbocycles. The molecule has 11 heteroatoms. The van der Waals surface area contributed by atoms with Crippen molar-refractivity contribution in [2.45, 2.75) is 32.0 Å². The Balaban J connectivity index is 2.52. The molecule has 1 aliphatic rings. The van der Waals surface area contributed by atoms with Gasteiger partial charge in [-0.05, 0) is 19.8 Å². The number of carbonyl (C=O) groups is 3. The van der Waals surface area contributed by atoms with E-state index in [2.05, 4.69) is 9.84 Å². The first-order valence-electron chi connectivity index (χ1n) is 7.34. The fourth-order valence-electron chi connectivity index (χ4n) is 2.82. The molecule has 8 nitrogen and oxygen atoms in total. The van der Waals surface area contributed by atoms with Gasteiger partial charge in [-0.25, -0.2) is 9.59 Å². The van der Waals surface area contributed by atoms with Crippen LogP contribution in [-0.4, -0.2) is 57.8 Å². The van der Waals surface area contributed by atoms with Gasteiger partial charge in [-0.3, -0.25) is 9.48 Å². The first-order chi connectivity index (χ1) is 11.6. The number of ketones is 1. The average Bonchev–Trinajstić information content (AvgIpc) is 2.95. The fourth-order valence-corrected chi connectivity index (χ4v) is 2.82. The fraction of sp³-hybridized carbons (Fsp3) is 0.571. The van der Waals surface area contributed by atoms with Gasteiger partial charge in [-0.2, -0.15) is 18.3 Å². The van der Waals surface area contributed by atoms with E-state index in [-0.39, 0.29) is 25.9 Å². The van der Waals surface area contributed by atoms with Gasteiger partial charge in [0.1, 0.15) is 0 Å². The molecule has 138 valence electrons. The second-order valence-corrected chi connectivity index (χ2v) is 5.56. The minimum Gasteiger partial charge on any atom is -0.465 e. The van der Waals surface area contributed by atoms with E-state index in [0.29, 0.717) is 0 Å². The number of rotatable bonds is 3. The van der Waals surface area contributed by atoms with Gasteiger partial charge in [0, 0.05) is 13.1 Å². The lowest BCUT2D eigenvalue weighted by molar-refractivity contribution is -0.141. The number of Topliss-reactive ketones (excluding diaryl/α,β-unsaturated/α-hetero) is 1. The molecule has 0 radical (unpaired) electrons. The predicted octanol–water partition coefficient (Wildman–Crippen LogP) is 2.21. The molecule has 0 aliphatic carbocycles. The quantitative estimate of drug-likeness (QED) is 0.653. The number of aromatic nitrogens is 2. The van der Waals surface area contributed by atoms with Gasteiger partial charge < -0.3 is 14.7 Å². The highest BCUT2D eigenvalue weighted by molar-refractivity contribution is 6.05. The summed E-state index contributed by atoms with van der Waals surface area (Å²) >= 11 is 0. The van der Waals surface area contributed by atoms with Crippen molar-refractivity contribution in [2.75, 3.05) is 20.2 Å². The van der Waals surface area contributed by atoms with Gasteiger partial charge >= 0.3 is 18.2 Å². The number of amides is 1. The molecule has 2 heterocycles. The van der Waals surface area contributed by atoms with Gasteiger partial charge in [-0.1, -0.05) is 0 Å². The van der Waals surface area contributed by atoms with Crippen molar-refractivity contribution >= 4 is 17.8 Å². The second kappa shape index (κ2) is 6.73. The molecule has 0 saturated carbocycles. The zero-order chi connectivity index (χ0) is 18.9. The SMILES string of the molecule is COC(=O)c1c(C(C)=O)c(C(F)(F)F)nn1C1CCN(C(=O)O)CC1. The molecule has 1 N–H and O–H groups in total. The maximum absolute atomic E-state index is 13.2. The summed E-state index contributed by atoms with van der Waals surface area (Å²) in [6.07, 6.45) is -5.73. The Bertz CT molecular complexity index is 705. The molecule has 1 amide bonds. The maximum atomic E-state index is 13.2. The molecule has 0 unspecified atom stereocenters. The first kappa shape index (κ1) is 18.7. The predicted molar refractivity (Wildman–Crippen MR) is 76.4 cm³/mol. The lowest BCUT2D eigenvalue weighted by Crippen LogP contribution is -2.38. The van der Waals surface area contributed by atoms with Crippen molar-refractivity contribution in [1.29, 1.82) is 0 Å². The van der Waals surface area contributed by atoms with Crippen LogP contribution >= 0.6 is 0 Å². The number of likely N-dealkylation sites (tertiary alicyclic amines) is 1. The summed E-state index contributed by atoms with van der Waals surface area (Å²) in [6, 6.07) is -0.654. The summed E-state index contributed by atoms with van der Waals surface area (Å²) in [5.41, 5.74) is -2.84. The van der Waals surface area contributed by atoms with E-state index in [1.54, 1.807) is 0 Å². The topological polar surface area (TPSA) is 102 Å². The summed E-state index contributed by atoms with van der Waals surface area (Å²) in [4.78, 5) is 35.8. The molecule has 1 aromatic heterocycles. The Morgan fingerprint density at radius 1 is 1.24 bits per heavy atom. The minimum atomic E-state index is -4.92. The van der Waals surface area contributed by atoms with Crippen molar-refractivity contribution in [3.8, 4) is 0 Å². The number of nitrogens with zero attached hydrogens (tertiary/aromatic N) is 3. The van der Waals surface area contributed by atoms with Crippen LogP contribution in [0.25, 0.3) is 0 Å². The average molecular weight is 363 g/mol. The van der Waals surface area contributed by atoms with Crippen LogP contribution < -0.4 is 0 Å². The Kier molecular flexibility index (Phi) is 5.04. The number of methoxy groups -OCH3 is 1. The van der Waals surface area contributed by atoms with Gasteiger partial charge in [-0.15, -0.1) is 0 Å². The smallest absolute Gasteiger partial charge is 0.435 e. The molecule has 1 saturated heterocycles. The van der Waals surface area contributed by atoms with Gasteiger partial charge in [0.25, 0.3) is 0 Å². The lowest BCUT2D eigenvalue weighted by Gasteiger charge is -2.30. The monoisotopic (exact) mass is 363 g/mol. The third-order valence-corrected chi connectivity index (χ3v) is 3.99. The van der Waals surface area contributed by atoms with E-state index in [1.807, 2.05) is 0 Å². The lowest BCUT2D eigenvalue weighted by atomic mass is 10.0.